The second kappa shape index (κ2) is 2.74. The monoisotopic (exact) mass is 157 g/mol. The van der Waals surface area contributed by atoms with E-state index < -0.39 is 0 Å². The Labute approximate surface area is 62.2 Å². The maximum absolute atomic E-state index is 10.8. The second-order valence-electron chi connectivity index (χ2n) is 1.64. The van der Waals surface area contributed by atoms with Gasteiger partial charge in [-0.2, -0.15) is 4.98 Å². The Morgan fingerprint density at radius 2 is 2.50 bits per heavy atom. The summed E-state index contributed by atoms with van der Waals surface area (Å²) in [7, 11) is 0. The second-order valence-corrected chi connectivity index (χ2v) is 2.40. The van der Waals surface area contributed by atoms with Crippen LogP contribution >= 0.6 is 11.9 Å². The summed E-state index contributed by atoms with van der Waals surface area (Å²) in [5, 5.41) is 0. The third-order valence-corrected chi connectivity index (χ3v) is 1.66. The van der Waals surface area contributed by atoms with Crippen molar-refractivity contribution in [1.82, 2.24) is 8.96 Å². The van der Waals surface area contributed by atoms with Crippen molar-refractivity contribution in [3.63, 3.8) is 0 Å². The average molecular weight is 157 g/mol. The zero-order valence-electron chi connectivity index (χ0n) is 5.44. The van der Waals surface area contributed by atoms with Crippen LogP contribution in [0.25, 0.3) is 0 Å². The lowest BCUT2D eigenvalue weighted by atomic mass is 10.6. The number of hydrogen-bond acceptors (Lipinski definition) is 4. The Bertz CT molecular complexity index is 282. The first-order valence-corrected chi connectivity index (χ1v) is 3.82. The molecular formula is C5H7N3OS. The van der Waals surface area contributed by atoms with Crippen molar-refractivity contribution in [3.05, 3.63) is 22.7 Å². The topological polar surface area (TPSA) is 60.9 Å². The van der Waals surface area contributed by atoms with E-state index in [4.69, 9.17) is 5.73 Å². The number of nitrogen functional groups attached to an aromatic ring is 1. The summed E-state index contributed by atoms with van der Waals surface area (Å²) >= 11 is 1.29. The first-order valence-electron chi connectivity index (χ1n) is 2.63. The third kappa shape index (κ3) is 1.30. The van der Waals surface area contributed by atoms with Crippen molar-refractivity contribution in [2.45, 2.75) is 0 Å². The Morgan fingerprint density at radius 1 is 1.80 bits per heavy atom. The van der Waals surface area contributed by atoms with Crippen molar-refractivity contribution >= 4 is 17.8 Å². The summed E-state index contributed by atoms with van der Waals surface area (Å²) in [5.74, 6) is 0.260. The number of hydrogen-bond donors (Lipinski definition) is 1. The highest BCUT2D eigenvalue weighted by atomic mass is 32.2. The molecule has 0 bridgehead atoms. The molecule has 0 aliphatic carbocycles. The van der Waals surface area contributed by atoms with Crippen molar-refractivity contribution in [1.29, 1.82) is 0 Å². The SMILES string of the molecule is CSn1ccc(N)nc1=O. The van der Waals surface area contributed by atoms with Gasteiger partial charge in [0.2, 0.25) is 0 Å². The molecule has 0 aliphatic heterocycles. The first-order chi connectivity index (χ1) is 4.74. The maximum Gasteiger partial charge on any atom is 0.359 e. The van der Waals surface area contributed by atoms with Crippen LogP contribution < -0.4 is 11.4 Å². The lowest BCUT2D eigenvalue weighted by Crippen LogP contribution is -2.18. The van der Waals surface area contributed by atoms with Gasteiger partial charge in [-0.05, 0) is 18.0 Å². The van der Waals surface area contributed by atoms with Crippen LogP contribution in [0.3, 0.4) is 0 Å². The number of aromatic nitrogens is 2. The minimum Gasteiger partial charge on any atom is -0.383 e. The van der Waals surface area contributed by atoms with E-state index in [0.29, 0.717) is 0 Å². The largest absolute Gasteiger partial charge is 0.383 e. The third-order valence-electron chi connectivity index (χ3n) is 0.991. The van der Waals surface area contributed by atoms with Crippen LogP contribution in [0.15, 0.2) is 17.1 Å². The van der Waals surface area contributed by atoms with E-state index in [1.165, 1.54) is 15.9 Å². The molecule has 1 rings (SSSR count). The molecule has 0 saturated heterocycles. The molecule has 1 aromatic heterocycles. The smallest absolute Gasteiger partial charge is 0.359 e. The highest BCUT2D eigenvalue weighted by molar-refractivity contribution is 7.97. The zero-order chi connectivity index (χ0) is 7.56. The van der Waals surface area contributed by atoms with Crippen LogP contribution in [0.1, 0.15) is 0 Å². The van der Waals surface area contributed by atoms with E-state index in [2.05, 4.69) is 4.98 Å². The Morgan fingerprint density at radius 3 is 3.00 bits per heavy atom. The Kier molecular flexibility index (Phi) is 1.96. The van der Waals surface area contributed by atoms with Gasteiger partial charge in [0.25, 0.3) is 0 Å². The Balaban J connectivity index is 3.20. The summed E-state index contributed by atoms with van der Waals surface area (Å²) in [4.78, 5) is 14.3. The van der Waals surface area contributed by atoms with Gasteiger partial charge in [0.1, 0.15) is 5.82 Å². The van der Waals surface area contributed by atoms with E-state index in [1.54, 1.807) is 18.5 Å². The highest BCUT2D eigenvalue weighted by Crippen LogP contribution is 1.95. The standard InChI is InChI=1S/C5H7N3OS/c1-10-8-3-2-4(6)7-5(8)9/h2-3H,1H3,(H2,6,7,9). The van der Waals surface area contributed by atoms with E-state index in [0.717, 1.165) is 0 Å². The Hall–Kier alpha value is -0.970. The molecule has 0 saturated carbocycles. The van der Waals surface area contributed by atoms with Crippen LogP contribution in [-0.4, -0.2) is 15.2 Å². The quantitative estimate of drug-likeness (QED) is 0.621. The lowest BCUT2D eigenvalue weighted by molar-refractivity contribution is 1.03. The highest BCUT2D eigenvalue weighted by Gasteiger charge is 1.93. The van der Waals surface area contributed by atoms with Crippen LogP contribution in [0, 0.1) is 0 Å². The molecule has 1 heterocycles. The molecule has 10 heavy (non-hydrogen) atoms. The molecule has 5 heteroatoms. The van der Waals surface area contributed by atoms with Crippen molar-refractivity contribution < 1.29 is 0 Å². The number of nitrogens with zero attached hydrogens (tertiary/aromatic N) is 2. The molecule has 1 aromatic rings. The molecule has 0 unspecified atom stereocenters. The molecule has 0 fully saturated rings. The van der Waals surface area contributed by atoms with Gasteiger partial charge in [0.05, 0.1) is 0 Å². The predicted octanol–water partition coefficient (Wildman–Crippen LogP) is -0.0484. The van der Waals surface area contributed by atoms with E-state index in [1.807, 2.05) is 0 Å². The zero-order valence-corrected chi connectivity index (χ0v) is 6.26. The van der Waals surface area contributed by atoms with Crippen LogP contribution in [0.2, 0.25) is 0 Å². The summed E-state index contributed by atoms with van der Waals surface area (Å²) < 4.78 is 1.40. The van der Waals surface area contributed by atoms with Gasteiger partial charge in [0.15, 0.2) is 0 Å². The molecule has 0 atom stereocenters. The van der Waals surface area contributed by atoms with Crippen LogP contribution in [-0.2, 0) is 0 Å². The summed E-state index contributed by atoms with van der Waals surface area (Å²) in [5.41, 5.74) is 4.92. The lowest BCUT2D eigenvalue weighted by Gasteiger charge is -1.96. The average Bonchev–Trinajstić information content (AvgIpc) is 1.88. The van der Waals surface area contributed by atoms with E-state index >= 15 is 0 Å². The summed E-state index contributed by atoms with van der Waals surface area (Å²) in [6.45, 7) is 0. The fourth-order valence-electron chi connectivity index (χ4n) is 0.544. The van der Waals surface area contributed by atoms with Crippen molar-refractivity contribution in [3.8, 4) is 0 Å². The summed E-state index contributed by atoms with van der Waals surface area (Å²) in [6.07, 6.45) is 3.38. The molecule has 0 aromatic carbocycles. The molecule has 0 spiro atoms. The number of anilines is 1. The molecule has 2 N–H and O–H groups in total. The molecule has 4 nitrogen and oxygen atoms in total. The molecular weight excluding hydrogens is 150 g/mol. The van der Waals surface area contributed by atoms with E-state index in [9.17, 15) is 4.79 Å². The van der Waals surface area contributed by atoms with Crippen LogP contribution in [0.4, 0.5) is 5.82 Å². The maximum atomic E-state index is 10.8. The van der Waals surface area contributed by atoms with Gasteiger partial charge >= 0.3 is 5.69 Å². The predicted molar refractivity (Wildman–Crippen MR) is 41.8 cm³/mol. The minimum absolute atomic E-state index is 0.260. The van der Waals surface area contributed by atoms with Crippen LogP contribution in [0.5, 0.6) is 0 Å². The molecule has 0 amide bonds. The fraction of sp³-hybridized carbons (Fsp3) is 0.200. The normalized spacial score (nSPS) is 9.70. The molecule has 0 aliphatic rings. The molecule has 54 valence electrons. The summed E-state index contributed by atoms with van der Waals surface area (Å²) in [6, 6.07) is 1.58. The number of rotatable bonds is 1. The van der Waals surface area contributed by atoms with E-state index in [-0.39, 0.29) is 11.5 Å². The van der Waals surface area contributed by atoms with Gasteiger partial charge < -0.3 is 5.73 Å². The van der Waals surface area contributed by atoms with Gasteiger partial charge in [-0.25, -0.2) is 8.77 Å². The number of nitrogens with two attached hydrogens (primary N) is 1. The van der Waals surface area contributed by atoms with Gasteiger partial charge in [-0.1, -0.05) is 0 Å². The van der Waals surface area contributed by atoms with Crippen molar-refractivity contribution in [2.24, 2.45) is 0 Å². The fourth-order valence-corrected chi connectivity index (χ4v) is 0.923. The van der Waals surface area contributed by atoms with Gasteiger partial charge in [-0.3, -0.25) is 0 Å². The molecule has 0 radical (unpaired) electrons. The minimum atomic E-state index is -0.326. The van der Waals surface area contributed by atoms with Gasteiger partial charge in [-0.15, -0.1) is 0 Å². The van der Waals surface area contributed by atoms with Gasteiger partial charge in [0, 0.05) is 12.5 Å². The first kappa shape index (κ1) is 7.14. The van der Waals surface area contributed by atoms with Crippen molar-refractivity contribution in [2.75, 3.05) is 12.0 Å².